The number of halogens is 1. The van der Waals surface area contributed by atoms with Gasteiger partial charge in [-0.05, 0) is 25.6 Å². The molecule has 0 aliphatic heterocycles. The first kappa shape index (κ1) is 18.5. The van der Waals surface area contributed by atoms with Crippen molar-refractivity contribution in [3.8, 4) is 11.5 Å². The topological polar surface area (TPSA) is 59.6 Å². The van der Waals surface area contributed by atoms with E-state index in [2.05, 4.69) is 10.6 Å². The minimum Gasteiger partial charge on any atom is -0.493 e. The van der Waals surface area contributed by atoms with Crippen LogP contribution in [0, 0.1) is 0 Å². The van der Waals surface area contributed by atoms with Crippen LogP contribution in [0.15, 0.2) is 24.3 Å². The highest BCUT2D eigenvalue weighted by molar-refractivity contribution is 5.85. The van der Waals surface area contributed by atoms with E-state index < -0.39 is 0 Å². The highest BCUT2D eigenvalue weighted by Gasteiger charge is 2.07. The van der Waals surface area contributed by atoms with E-state index in [4.69, 9.17) is 9.47 Å². The second-order valence-electron chi connectivity index (χ2n) is 4.20. The Morgan fingerprint density at radius 3 is 2.55 bits per heavy atom. The predicted octanol–water partition coefficient (Wildman–Crippen LogP) is 1.61. The highest BCUT2D eigenvalue weighted by Crippen LogP contribution is 2.25. The molecule has 0 unspecified atom stereocenters. The quantitative estimate of drug-likeness (QED) is 0.766. The molecule has 1 atom stereocenters. The summed E-state index contributed by atoms with van der Waals surface area (Å²) in [4.78, 5) is 11.6. The second kappa shape index (κ2) is 10.3. The molecular formula is C14H23ClN2O3. The molecule has 6 heteroatoms. The fourth-order valence-corrected chi connectivity index (χ4v) is 1.62. The maximum Gasteiger partial charge on any atom is 0.257 e. The zero-order chi connectivity index (χ0) is 14.1. The molecule has 5 nitrogen and oxygen atoms in total. The van der Waals surface area contributed by atoms with E-state index in [0.717, 1.165) is 6.54 Å². The van der Waals surface area contributed by atoms with Crippen LogP contribution >= 0.6 is 12.4 Å². The van der Waals surface area contributed by atoms with Crippen molar-refractivity contribution >= 4 is 18.3 Å². The van der Waals surface area contributed by atoms with Gasteiger partial charge in [0.25, 0.3) is 5.91 Å². The van der Waals surface area contributed by atoms with Crippen molar-refractivity contribution in [2.75, 3.05) is 26.8 Å². The normalized spacial score (nSPS) is 11.2. The molecule has 0 aromatic heterocycles. The van der Waals surface area contributed by atoms with E-state index in [9.17, 15) is 4.79 Å². The van der Waals surface area contributed by atoms with Gasteiger partial charge in [0.05, 0.1) is 7.11 Å². The summed E-state index contributed by atoms with van der Waals surface area (Å²) in [6, 6.07) is 7.50. The van der Waals surface area contributed by atoms with Crippen molar-refractivity contribution in [3.05, 3.63) is 24.3 Å². The summed E-state index contributed by atoms with van der Waals surface area (Å²) in [6.07, 6.45) is 0. The molecule has 0 bridgehead atoms. The van der Waals surface area contributed by atoms with Gasteiger partial charge in [-0.3, -0.25) is 4.79 Å². The van der Waals surface area contributed by atoms with Gasteiger partial charge in [-0.1, -0.05) is 19.1 Å². The van der Waals surface area contributed by atoms with Crippen molar-refractivity contribution in [3.63, 3.8) is 0 Å². The van der Waals surface area contributed by atoms with Gasteiger partial charge in [0.1, 0.15) is 0 Å². The largest absolute Gasteiger partial charge is 0.493 e. The van der Waals surface area contributed by atoms with E-state index in [-0.39, 0.29) is 31.0 Å². The van der Waals surface area contributed by atoms with Crippen LogP contribution in [0.4, 0.5) is 0 Å². The summed E-state index contributed by atoms with van der Waals surface area (Å²) < 4.78 is 10.6. The van der Waals surface area contributed by atoms with Gasteiger partial charge in [-0.15, -0.1) is 12.4 Å². The third-order valence-corrected chi connectivity index (χ3v) is 2.59. The number of nitrogens with one attached hydrogen (secondary N) is 2. The molecule has 1 aromatic rings. The van der Waals surface area contributed by atoms with Crippen LogP contribution in [-0.2, 0) is 4.79 Å². The molecule has 1 rings (SSSR count). The number of benzene rings is 1. The van der Waals surface area contributed by atoms with Crippen molar-refractivity contribution in [2.45, 2.75) is 19.9 Å². The molecule has 2 N–H and O–H groups in total. The van der Waals surface area contributed by atoms with Crippen LogP contribution < -0.4 is 20.1 Å². The molecule has 0 fully saturated rings. The molecule has 0 saturated carbocycles. The molecule has 1 amide bonds. The monoisotopic (exact) mass is 302 g/mol. The van der Waals surface area contributed by atoms with Gasteiger partial charge < -0.3 is 20.1 Å². The highest BCUT2D eigenvalue weighted by atomic mass is 35.5. The molecule has 1 aromatic carbocycles. The number of hydrogen-bond donors (Lipinski definition) is 2. The fourth-order valence-electron chi connectivity index (χ4n) is 1.62. The summed E-state index contributed by atoms with van der Waals surface area (Å²) in [5.74, 6) is 1.05. The van der Waals surface area contributed by atoms with Gasteiger partial charge in [0.15, 0.2) is 18.1 Å². The van der Waals surface area contributed by atoms with E-state index in [1.54, 1.807) is 19.2 Å². The first-order valence-corrected chi connectivity index (χ1v) is 6.43. The summed E-state index contributed by atoms with van der Waals surface area (Å²) >= 11 is 0. The Morgan fingerprint density at radius 2 is 1.95 bits per heavy atom. The lowest BCUT2D eigenvalue weighted by Gasteiger charge is -2.14. The summed E-state index contributed by atoms with van der Waals surface area (Å²) in [5, 5.41) is 6.03. The van der Waals surface area contributed by atoms with Crippen molar-refractivity contribution in [1.29, 1.82) is 0 Å². The number of likely N-dealkylation sites (N-methyl/N-ethyl adjacent to an activating group) is 1. The summed E-state index contributed by atoms with van der Waals surface area (Å²) in [7, 11) is 1.57. The van der Waals surface area contributed by atoms with Crippen LogP contribution in [-0.4, -0.2) is 38.8 Å². The minimum atomic E-state index is -0.143. The molecular weight excluding hydrogens is 280 g/mol. The Labute approximate surface area is 126 Å². The fraction of sp³-hybridized carbons (Fsp3) is 0.500. The average molecular weight is 303 g/mol. The molecule has 114 valence electrons. The third kappa shape index (κ3) is 6.63. The molecule has 0 radical (unpaired) electrons. The Hall–Kier alpha value is -1.46. The van der Waals surface area contributed by atoms with Crippen LogP contribution in [0.1, 0.15) is 13.8 Å². The average Bonchev–Trinajstić information content (AvgIpc) is 2.43. The third-order valence-electron chi connectivity index (χ3n) is 2.59. The zero-order valence-electron chi connectivity index (χ0n) is 12.1. The number of para-hydroxylation sites is 2. The molecule has 20 heavy (non-hydrogen) atoms. The van der Waals surface area contributed by atoms with E-state index in [1.165, 1.54) is 0 Å². The lowest BCUT2D eigenvalue weighted by Crippen LogP contribution is -2.40. The Morgan fingerprint density at radius 1 is 1.30 bits per heavy atom. The van der Waals surface area contributed by atoms with Crippen LogP contribution in [0.25, 0.3) is 0 Å². The molecule has 0 saturated heterocycles. The number of hydrogen-bond acceptors (Lipinski definition) is 4. The molecule has 0 spiro atoms. The Bertz CT molecular complexity index is 402. The minimum absolute atomic E-state index is 0. The van der Waals surface area contributed by atoms with Crippen LogP contribution in [0.3, 0.4) is 0 Å². The molecule has 0 aliphatic carbocycles. The maximum atomic E-state index is 11.6. The van der Waals surface area contributed by atoms with Crippen molar-refractivity contribution < 1.29 is 14.3 Å². The van der Waals surface area contributed by atoms with Crippen molar-refractivity contribution in [2.24, 2.45) is 0 Å². The van der Waals surface area contributed by atoms with E-state index in [0.29, 0.717) is 18.0 Å². The number of ether oxygens (including phenoxy) is 2. The van der Waals surface area contributed by atoms with Crippen LogP contribution in [0.5, 0.6) is 11.5 Å². The smallest absolute Gasteiger partial charge is 0.257 e. The van der Waals surface area contributed by atoms with Gasteiger partial charge in [0, 0.05) is 12.6 Å². The molecule has 0 aliphatic rings. The number of rotatable bonds is 8. The Kier molecular flexibility index (Phi) is 9.59. The number of amides is 1. The standard InChI is InChI=1S/C14H22N2O3.ClH/c1-4-15-11(2)9-16-14(17)10-19-13-8-6-5-7-12(13)18-3;/h5-8,11,15H,4,9-10H2,1-3H3,(H,16,17);1H/t11-;/m1./s1. The van der Waals surface area contributed by atoms with E-state index >= 15 is 0 Å². The summed E-state index contributed by atoms with van der Waals surface area (Å²) in [5.41, 5.74) is 0. The lowest BCUT2D eigenvalue weighted by atomic mass is 10.3. The first-order valence-electron chi connectivity index (χ1n) is 6.43. The van der Waals surface area contributed by atoms with Gasteiger partial charge >= 0.3 is 0 Å². The lowest BCUT2D eigenvalue weighted by molar-refractivity contribution is -0.123. The van der Waals surface area contributed by atoms with Gasteiger partial charge in [0.2, 0.25) is 0 Å². The SMILES string of the molecule is CCN[C@H](C)CNC(=O)COc1ccccc1OC.Cl. The Balaban J connectivity index is 0.00000361. The second-order valence-corrected chi connectivity index (χ2v) is 4.20. The predicted molar refractivity (Wildman–Crippen MR) is 81.9 cm³/mol. The first-order chi connectivity index (χ1) is 9.17. The van der Waals surface area contributed by atoms with Gasteiger partial charge in [-0.25, -0.2) is 0 Å². The number of carbonyl (C=O) groups is 1. The van der Waals surface area contributed by atoms with Crippen LogP contribution in [0.2, 0.25) is 0 Å². The summed E-state index contributed by atoms with van der Waals surface area (Å²) in [6.45, 7) is 5.50. The number of carbonyl (C=O) groups excluding carboxylic acids is 1. The number of methoxy groups -OCH3 is 1. The maximum absolute atomic E-state index is 11.6. The molecule has 0 heterocycles. The van der Waals surface area contributed by atoms with Crippen molar-refractivity contribution in [1.82, 2.24) is 10.6 Å². The van der Waals surface area contributed by atoms with E-state index in [1.807, 2.05) is 26.0 Å². The zero-order valence-corrected chi connectivity index (χ0v) is 13.0. The van der Waals surface area contributed by atoms with Gasteiger partial charge in [-0.2, -0.15) is 0 Å².